The molecule has 2 aromatic carbocycles. The molecule has 0 saturated heterocycles. The Kier molecular flexibility index (Phi) is 9.04. The van der Waals surface area contributed by atoms with E-state index in [-0.39, 0.29) is 37.0 Å². The highest BCUT2D eigenvalue weighted by Crippen LogP contribution is 2.29. The molecule has 0 spiro atoms. The zero-order chi connectivity index (χ0) is 25.6. The molecule has 1 aliphatic heterocycles. The van der Waals surface area contributed by atoms with Gasteiger partial charge in [-0.3, -0.25) is 4.79 Å². The Hall–Kier alpha value is -2.75. The highest BCUT2D eigenvalue weighted by molar-refractivity contribution is 7.90. The van der Waals surface area contributed by atoms with Gasteiger partial charge in [-0.2, -0.15) is 0 Å². The molecule has 3 rings (SSSR count). The molecule has 35 heavy (non-hydrogen) atoms. The zero-order valence-electron chi connectivity index (χ0n) is 20.1. The first-order chi connectivity index (χ1) is 16.6. The van der Waals surface area contributed by atoms with Gasteiger partial charge in [0.05, 0.1) is 23.7 Å². The van der Waals surface area contributed by atoms with Crippen LogP contribution < -0.4 is 15.4 Å². The maximum Gasteiger partial charge on any atom is 0.217 e. The van der Waals surface area contributed by atoms with Crippen molar-refractivity contribution in [3.63, 3.8) is 0 Å². The van der Waals surface area contributed by atoms with Gasteiger partial charge in [0.1, 0.15) is 18.2 Å². The minimum atomic E-state index is -3.29. The lowest BCUT2D eigenvalue weighted by molar-refractivity contribution is -0.120. The third kappa shape index (κ3) is 7.62. The number of ether oxygens (including phenoxy) is 1. The van der Waals surface area contributed by atoms with Crippen LogP contribution in [0.15, 0.2) is 49.1 Å². The molecule has 0 fully saturated rings. The number of hydrogen-bond acceptors (Lipinski definition) is 6. The summed E-state index contributed by atoms with van der Waals surface area (Å²) in [6, 6.07) is 8.83. The lowest BCUT2D eigenvalue weighted by atomic mass is 9.97. The summed E-state index contributed by atoms with van der Waals surface area (Å²) in [5, 5.41) is 16.9. The van der Waals surface area contributed by atoms with Crippen LogP contribution >= 0.6 is 0 Å². The number of hydrogen-bond donors (Lipinski definition) is 3. The van der Waals surface area contributed by atoms with Crippen molar-refractivity contribution in [2.45, 2.75) is 50.6 Å². The highest BCUT2D eigenvalue weighted by atomic mass is 32.2. The van der Waals surface area contributed by atoms with Crippen molar-refractivity contribution in [2.24, 2.45) is 0 Å². The van der Waals surface area contributed by atoms with Crippen LogP contribution in [0, 0.1) is 5.82 Å². The summed E-state index contributed by atoms with van der Waals surface area (Å²) in [6.07, 6.45) is 1.48. The van der Waals surface area contributed by atoms with Crippen LogP contribution in [0.1, 0.15) is 42.1 Å². The number of fused-ring (bicyclic) bond motifs is 1. The molecular formula is C26H33FN2O5S. The molecule has 3 N–H and O–H groups in total. The topological polar surface area (TPSA) is 105 Å². The molecule has 0 aliphatic carbocycles. The summed E-state index contributed by atoms with van der Waals surface area (Å²) in [4.78, 5) is 11.8. The van der Waals surface area contributed by atoms with Gasteiger partial charge in [-0.25, -0.2) is 12.8 Å². The van der Waals surface area contributed by atoms with Gasteiger partial charge >= 0.3 is 0 Å². The monoisotopic (exact) mass is 504 g/mol. The Balaban J connectivity index is 1.76. The van der Waals surface area contributed by atoms with E-state index >= 15 is 0 Å². The van der Waals surface area contributed by atoms with E-state index in [4.69, 9.17) is 4.74 Å². The normalized spacial score (nSPS) is 18.2. The standard InChI is InChI=1S/C26H33FN2O5S/c1-4-8-34-22-10-19(9-21(27)13-22)12-24(29-17(3)30)26(31)14-28-25-16-35(32,33)15-20-7-6-18(5-2)11-23(20)25/h4,6-7,9-11,13,24-26,28,31H,1,5,8,12,14-16H2,2-3H3,(H,29,30)/t24?,25-,26+/m0/s1. The van der Waals surface area contributed by atoms with Crippen LogP contribution in [0.4, 0.5) is 4.39 Å². The smallest absolute Gasteiger partial charge is 0.217 e. The molecule has 2 aromatic rings. The second kappa shape index (κ2) is 11.8. The van der Waals surface area contributed by atoms with Crippen molar-refractivity contribution in [3.05, 3.63) is 77.1 Å². The number of amides is 1. The van der Waals surface area contributed by atoms with Crippen molar-refractivity contribution in [1.82, 2.24) is 10.6 Å². The van der Waals surface area contributed by atoms with E-state index in [2.05, 4.69) is 17.2 Å². The van der Waals surface area contributed by atoms with Gasteiger partial charge in [0.15, 0.2) is 9.84 Å². The summed E-state index contributed by atoms with van der Waals surface area (Å²) in [7, 11) is -3.29. The lowest BCUT2D eigenvalue weighted by Crippen LogP contribution is -2.49. The molecule has 3 atom stereocenters. The highest BCUT2D eigenvalue weighted by Gasteiger charge is 2.31. The van der Waals surface area contributed by atoms with Crippen LogP contribution in [0.5, 0.6) is 5.75 Å². The number of halogens is 1. The first-order valence-corrected chi connectivity index (χ1v) is 13.5. The molecule has 1 amide bonds. The Bertz CT molecular complexity index is 1170. The summed E-state index contributed by atoms with van der Waals surface area (Å²) < 4.78 is 44.5. The third-order valence-corrected chi connectivity index (χ3v) is 7.56. The molecule has 0 saturated carbocycles. The Morgan fingerprint density at radius 1 is 1.29 bits per heavy atom. The maximum absolute atomic E-state index is 14.1. The Morgan fingerprint density at radius 3 is 2.74 bits per heavy atom. The number of sulfone groups is 1. The van der Waals surface area contributed by atoms with Crippen molar-refractivity contribution < 1.29 is 27.4 Å². The number of aliphatic hydroxyl groups excluding tert-OH is 1. The van der Waals surface area contributed by atoms with Crippen LogP contribution in [-0.4, -0.2) is 50.5 Å². The quantitative estimate of drug-likeness (QED) is 0.407. The third-order valence-electron chi connectivity index (χ3n) is 5.97. The zero-order valence-corrected chi connectivity index (χ0v) is 20.9. The maximum atomic E-state index is 14.1. The molecule has 0 radical (unpaired) electrons. The van der Waals surface area contributed by atoms with Crippen LogP contribution in [0.25, 0.3) is 0 Å². The lowest BCUT2D eigenvalue weighted by Gasteiger charge is -2.30. The van der Waals surface area contributed by atoms with E-state index in [0.29, 0.717) is 11.3 Å². The van der Waals surface area contributed by atoms with E-state index in [9.17, 15) is 22.7 Å². The minimum Gasteiger partial charge on any atom is -0.489 e. The average Bonchev–Trinajstić information content (AvgIpc) is 2.79. The molecule has 0 aromatic heterocycles. The molecule has 1 aliphatic rings. The van der Waals surface area contributed by atoms with Crippen molar-refractivity contribution >= 4 is 15.7 Å². The van der Waals surface area contributed by atoms with E-state index in [0.717, 1.165) is 23.1 Å². The van der Waals surface area contributed by atoms with Gasteiger partial charge < -0.3 is 20.5 Å². The SMILES string of the molecule is C=CCOc1cc(F)cc(CC(NC(C)=O)[C@H](O)CN[C@H]2CS(=O)(=O)Cc3ccc(CC)cc32)c1. The number of nitrogens with one attached hydrogen (secondary N) is 2. The van der Waals surface area contributed by atoms with Crippen LogP contribution in [-0.2, 0) is 33.2 Å². The van der Waals surface area contributed by atoms with E-state index in [1.807, 2.05) is 25.1 Å². The van der Waals surface area contributed by atoms with Gasteiger partial charge in [0.2, 0.25) is 5.91 Å². The van der Waals surface area contributed by atoms with E-state index in [1.54, 1.807) is 12.1 Å². The molecule has 0 bridgehead atoms. The summed E-state index contributed by atoms with van der Waals surface area (Å²) in [5.74, 6) is -0.584. The molecule has 1 unspecified atom stereocenters. The fourth-order valence-corrected chi connectivity index (χ4v) is 5.97. The van der Waals surface area contributed by atoms with Gasteiger partial charge in [-0.15, -0.1) is 0 Å². The van der Waals surface area contributed by atoms with E-state index in [1.165, 1.54) is 19.1 Å². The number of rotatable bonds is 11. The van der Waals surface area contributed by atoms with Gasteiger partial charge in [-0.05, 0) is 47.2 Å². The molecule has 190 valence electrons. The van der Waals surface area contributed by atoms with Crippen molar-refractivity contribution in [2.75, 3.05) is 18.9 Å². The largest absolute Gasteiger partial charge is 0.489 e. The molecule has 1 heterocycles. The number of benzene rings is 2. The summed E-state index contributed by atoms with van der Waals surface area (Å²) in [5.41, 5.74) is 3.31. The molecule has 9 heteroatoms. The molecular weight excluding hydrogens is 471 g/mol. The van der Waals surface area contributed by atoms with Gasteiger partial charge in [-0.1, -0.05) is 37.8 Å². The molecule has 7 nitrogen and oxygen atoms in total. The van der Waals surface area contributed by atoms with Crippen LogP contribution in [0.2, 0.25) is 0 Å². The van der Waals surface area contributed by atoms with Crippen LogP contribution in [0.3, 0.4) is 0 Å². The van der Waals surface area contributed by atoms with Gasteiger partial charge in [0, 0.05) is 25.6 Å². The summed E-state index contributed by atoms with van der Waals surface area (Å²) in [6.45, 7) is 7.20. The first-order valence-electron chi connectivity index (χ1n) is 11.6. The van der Waals surface area contributed by atoms with Crippen molar-refractivity contribution in [3.8, 4) is 5.75 Å². The second-order valence-electron chi connectivity index (χ2n) is 8.88. The van der Waals surface area contributed by atoms with Gasteiger partial charge in [0.25, 0.3) is 0 Å². The average molecular weight is 505 g/mol. The Morgan fingerprint density at radius 2 is 2.06 bits per heavy atom. The minimum absolute atomic E-state index is 0.00257. The predicted octanol–water partition coefficient (Wildman–Crippen LogP) is 2.62. The fraction of sp³-hybridized carbons (Fsp3) is 0.423. The number of carbonyl (C=O) groups is 1. The fourth-order valence-electron chi connectivity index (χ4n) is 4.31. The predicted molar refractivity (Wildman–Crippen MR) is 133 cm³/mol. The number of aryl methyl sites for hydroxylation is 1. The first kappa shape index (κ1) is 26.8. The van der Waals surface area contributed by atoms with Crippen molar-refractivity contribution in [1.29, 1.82) is 0 Å². The Labute approximate surface area is 206 Å². The van der Waals surface area contributed by atoms with E-state index < -0.39 is 33.8 Å². The number of carbonyl (C=O) groups excluding carboxylic acids is 1. The second-order valence-corrected chi connectivity index (χ2v) is 11.0. The summed E-state index contributed by atoms with van der Waals surface area (Å²) >= 11 is 0. The number of aliphatic hydroxyl groups is 1.